The van der Waals surface area contributed by atoms with E-state index in [1.165, 1.54) is 0 Å². The summed E-state index contributed by atoms with van der Waals surface area (Å²) in [5.41, 5.74) is 6.04. The van der Waals surface area contributed by atoms with Crippen LogP contribution in [0.1, 0.15) is 23.7 Å². The Morgan fingerprint density at radius 3 is 2.42 bits per heavy atom. The van der Waals surface area contributed by atoms with Gasteiger partial charge in [-0.2, -0.15) is 0 Å². The maximum atomic E-state index is 12.0. The van der Waals surface area contributed by atoms with Crippen molar-refractivity contribution in [2.24, 2.45) is 5.73 Å². The van der Waals surface area contributed by atoms with Gasteiger partial charge in [0.1, 0.15) is 0 Å². The van der Waals surface area contributed by atoms with Gasteiger partial charge in [-0.1, -0.05) is 0 Å². The van der Waals surface area contributed by atoms with Gasteiger partial charge >= 0.3 is 6.03 Å². The van der Waals surface area contributed by atoms with Gasteiger partial charge in [0.2, 0.25) is 0 Å². The van der Waals surface area contributed by atoms with Gasteiger partial charge in [0.05, 0.1) is 6.10 Å². The van der Waals surface area contributed by atoms with Crippen molar-refractivity contribution in [1.29, 1.82) is 0 Å². The summed E-state index contributed by atoms with van der Waals surface area (Å²) in [4.78, 5) is 24.2. The van der Waals surface area contributed by atoms with Crippen molar-refractivity contribution in [3.8, 4) is 0 Å². The van der Waals surface area contributed by atoms with E-state index in [0.29, 0.717) is 24.2 Å². The van der Waals surface area contributed by atoms with Crippen molar-refractivity contribution >= 4 is 17.6 Å². The Labute approximate surface area is 112 Å². The number of primary amides is 1. The lowest BCUT2D eigenvalue weighted by molar-refractivity contribution is 0.0769. The quantitative estimate of drug-likeness (QED) is 0.741. The number of nitrogens with two attached hydrogens (primary N) is 1. The standard InChI is InChI=1S/C13H19N3O3/c1-9(17)7-8-16(2)12(18)10-3-5-11(6-4-10)15-13(14)19/h3-6,9,17H,7-8H2,1-2H3,(H3,14,15,19). The Bertz CT molecular complexity index is 443. The lowest BCUT2D eigenvalue weighted by Crippen LogP contribution is -2.29. The molecule has 0 saturated heterocycles. The van der Waals surface area contributed by atoms with Crippen LogP contribution in [0, 0.1) is 0 Å². The highest BCUT2D eigenvalue weighted by molar-refractivity contribution is 5.95. The fourth-order valence-corrected chi connectivity index (χ4v) is 1.54. The van der Waals surface area contributed by atoms with Crippen LogP contribution < -0.4 is 11.1 Å². The highest BCUT2D eigenvalue weighted by Gasteiger charge is 2.12. The predicted molar refractivity (Wildman–Crippen MR) is 72.9 cm³/mol. The van der Waals surface area contributed by atoms with Crippen LogP contribution in [0.15, 0.2) is 24.3 Å². The molecule has 1 rings (SSSR count). The Morgan fingerprint density at radius 2 is 1.95 bits per heavy atom. The molecule has 1 aromatic rings. The molecule has 6 heteroatoms. The van der Waals surface area contributed by atoms with Gasteiger partial charge in [0.15, 0.2) is 0 Å². The number of anilines is 1. The molecule has 0 radical (unpaired) electrons. The Morgan fingerprint density at radius 1 is 1.37 bits per heavy atom. The monoisotopic (exact) mass is 265 g/mol. The van der Waals surface area contributed by atoms with E-state index in [4.69, 9.17) is 5.73 Å². The minimum absolute atomic E-state index is 0.133. The average molecular weight is 265 g/mol. The van der Waals surface area contributed by atoms with Crippen molar-refractivity contribution < 1.29 is 14.7 Å². The first-order valence-corrected chi connectivity index (χ1v) is 6.00. The summed E-state index contributed by atoms with van der Waals surface area (Å²) in [6.07, 6.45) is 0.0983. The van der Waals surface area contributed by atoms with E-state index in [9.17, 15) is 14.7 Å². The van der Waals surface area contributed by atoms with Crippen LogP contribution in [0.2, 0.25) is 0 Å². The van der Waals surface area contributed by atoms with Gasteiger partial charge in [0, 0.05) is 24.8 Å². The normalized spacial score (nSPS) is 11.7. The summed E-state index contributed by atoms with van der Waals surface area (Å²) in [7, 11) is 1.68. The summed E-state index contributed by atoms with van der Waals surface area (Å²) in [5.74, 6) is -0.133. The lowest BCUT2D eigenvalue weighted by atomic mass is 10.1. The molecule has 0 aliphatic carbocycles. The van der Waals surface area contributed by atoms with Crippen molar-refractivity contribution in [3.05, 3.63) is 29.8 Å². The zero-order valence-electron chi connectivity index (χ0n) is 11.1. The average Bonchev–Trinajstić information content (AvgIpc) is 2.35. The maximum Gasteiger partial charge on any atom is 0.316 e. The number of amides is 3. The van der Waals surface area contributed by atoms with Crippen molar-refractivity contribution in [2.75, 3.05) is 18.9 Å². The van der Waals surface area contributed by atoms with Crippen LogP contribution in [0.25, 0.3) is 0 Å². The Hall–Kier alpha value is -2.08. The minimum Gasteiger partial charge on any atom is -0.393 e. The molecule has 1 aromatic carbocycles. The van der Waals surface area contributed by atoms with Gasteiger partial charge in [-0.05, 0) is 37.6 Å². The Balaban J connectivity index is 2.64. The molecule has 104 valence electrons. The molecule has 19 heavy (non-hydrogen) atoms. The molecule has 0 saturated carbocycles. The molecule has 0 aliphatic rings. The van der Waals surface area contributed by atoms with Gasteiger partial charge in [-0.15, -0.1) is 0 Å². The number of aliphatic hydroxyl groups is 1. The zero-order chi connectivity index (χ0) is 14.4. The third-order valence-electron chi connectivity index (χ3n) is 2.63. The number of hydrogen-bond donors (Lipinski definition) is 3. The van der Waals surface area contributed by atoms with Crippen LogP contribution in [-0.2, 0) is 0 Å². The minimum atomic E-state index is -0.645. The molecule has 4 N–H and O–H groups in total. The molecule has 3 amide bonds. The molecule has 1 atom stereocenters. The molecular formula is C13H19N3O3. The number of hydrogen-bond acceptors (Lipinski definition) is 3. The van der Waals surface area contributed by atoms with Gasteiger partial charge in [-0.25, -0.2) is 4.79 Å². The number of nitrogens with zero attached hydrogens (tertiary/aromatic N) is 1. The highest BCUT2D eigenvalue weighted by atomic mass is 16.3. The third kappa shape index (κ3) is 4.97. The molecule has 0 bridgehead atoms. The lowest BCUT2D eigenvalue weighted by Gasteiger charge is -2.18. The first-order valence-electron chi connectivity index (χ1n) is 6.00. The summed E-state index contributed by atoms with van der Waals surface area (Å²) < 4.78 is 0. The largest absolute Gasteiger partial charge is 0.393 e. The smallest absolute Gasteiger partial charge is 0.316 e. The fourth-order valence-electron chi connectivity index (χ4n) is 1.54. The first-order chi connectivity index (χ1) is 8.90. The number of benzene rings is 1. The molecule has 0 spiro atoms. The molecule has 0 aromatic heterocycles. The Kier molecular flexibility index (Phi) is 5.32. The second kappa shape index (κ2) is 6.75. The SMILES string of the molecule is CC(O)CCN(C)C(=O)c1ccc(NC(N)=O)cc1. The predicted octanol–water partition coefficient (Wildman–Crippen LogP) is 1.02. The molecule has 6 nitrogen and oxygen atoms in total. The van der Waals surface area contributed by atoms with Gasteiger partial charge in [-0.3, -0.25) is 4.79 Å². The second-order valence-corrected chi connectivity index (χ2v) is 4.43. The van der Waals surface area contributed by atoms with Crippen LogP contribution >= 0.6 is 0 Å². The number of carbonyl (C=O) groups excluding carboxylic acids is 2. The maximum absolute atomic E-state index is 12.0. The highest BCUT2D eigenvalue weighted by Crippen LogP contribution is 2.11. The van der Waals surface area contributed by atoms with Crippen molar-refractivity contribution in [2.45, 2.75) is 19.4 Å². The number of urea groups is 1. The van der Waals surface area contributed by atoms with Crippen molar-refractivity contribution in [3.63, 3.8) is 0 Å². The van der Waals surface area contributed by atoms with E-state index in [-0.39, 0.29) is 5.91 Å². The van der Waals surface area contributed by atoms with E-state index < -0.39 is 12.1 Å². The first kappa shape index (κ1) is 15.0. The summed E-state index contributed by atoms with van der Waals surface area (Å²) in [6, 6.07) is 5.81. The van der Waals surface area contributed by atoms with Crippen LogP contribution in [0.4, 0.5) is 10.5 Å². The molecule has 1 unspecified atom stereocenters. The molecular weight excluding hydrogens is 246 g/mol. The van der Waals surface area contributed by atoms with E-state index in [1.807, 2.05) is 0 Å². The van der Waals surface area contributed by atoms with Gasteiger partial charge in [0.25, 0.3) is 5.91 Å². The van der Waals surface area contributed by atoms with Crippen LogP contribution in [0.5, 0.6) is 0 Å². The number of rotatable bonds is 5. The van der Waals surface area contributed by atoms with E-state index in [1.54, 1.807) is 43.1 Å². The van der Waals surface area contributed by atoms with Gasteiger partial charge < -0.3 is 21.1 Å². The number of aliphatic hydroxyl groups excluding tert-OH is 1. The summed E-state index contributed by atoms with van der Waals surface area (Å²) in [5, 5.41) is 11.6. The number of carbonyl (C=O) groups is 2. The molecule has 0 aliphatic heterocycles. The topological polar surface area (TPSA) is 95.7 Å². The zero-order valence-corrected chi connectivity index (χ0v) is 11.1. The third-order valence-corrected chi connectivity index (χ3v) is 2.63. The fraction of sp³-hybridized carbons (Fsp3) is 0.385. The van der Waals surface area contributed by atoms with E-state index in [2.05, 4.69) is 5.32 Å². The molecule has 0 fully saturated rings. The van der Waals surface area contributed by atoms with Crippen LogP contribution in [-0.4, -0.2) is 41.6 Å². The number of nitrogens with one attached hydrogen (secondary N) is 1. The second-order valence-electron chi connectivity index (χ2n) is 4.43. The van der Waals surface area contributed by atoms with Crippen LogP contribution in [0.3, 0.4) is 0 Å². The van der Waals surface area contributed by atoms with E-state index in [0.717, 1.165) is 0 Å². The van der Waals surface area contributed by atoms with E-state index >= 15 is 0 Å². The summed E-state index contributed by atoms with van der Waals surface area (Å²) in [6.45, 7) is 2.17. The summed E-state index contributed by atoms with van der Waals surface area (Å²) >= 11 is 0. The molecule has 0 heterocycles. The van der Waals surface area contributed by atoms with Crippen molar-refractivity contribution in [1.82, 2.24) is 4.90 Å².